The Morgan fingerprint density at radius 1 is 1.46 bits per heavy atom. The largest absolute Gasteiger partial charge is 0.458 e. The topological polar surface area (TPSA) is 26.3 Å². The van der Waals surface area contributed by atoms with Crippen LogP contribution in [-0.2, 0) is 9.53 Å². The Hall–Kier alpha value is -1.05. The van der Waals surface area contributed by atoms with Crippen LogP contribution in [-0.4, -0.2) is 12.6 Å². The van der Waals surface area contributed by atoms with Gasteiger partial charge in [0.05, 0.1) is 0 Å². The third kappa shape index (κ3) is 3.92. The maximum atomic E-state index is 11.0. The van der Waals surface area contributed by atoms with Crippen LogP contribution < -0.4 is 0 Å². The lowest BCUT2D eigenvalue weighted by atomic mass is 10.1. The average Bonchev–Trinajstić information content (AvgIpc) is 2.64. The van der Waals surface area contributed by atoms with Crippen LogP contribution in [0.5, 0.6) is 0 Å². The maximum absolute atomic E-state index is 11.0. The molecule has 1 fully saturated rings. The van der Waals surface area contributed by atoms with Gasteiger partial charge in [-0.2, -0.15) is 0 Å². The number of carbonyl (C=O) groups excluding carboxylic acids is 1. The minimum atomic E-state index is -0.258. The van der Waals surface area contributed by atoms with Gasteiger partial charge in [0.1, 0.15) is 6.61 Å². The van der Waals surface area contributed by atoms with Gasteiger partial charge in [-0.1, -0.05) is 31.6 Å². The van der Waals surface area contributed by atoms with E-state index in [0.717, 1.165) is 0 Å². The van der Waals surface area contributed by atoms with Gasteiger partial charge < -0.3 is 4.74 Å². The van der Waals surface area contributed by atoms with E-state index < -0.39 is 0 Å². The summed E-state index contributed by atoms with van der Waals surface area (Å²) in [5.41, 5.74) is 0. The van der Waals surface area contributed by atoms with Crippen molar-refractivity contribution in [1.29, 1.82) is 0 Å². The van der Waals surface area contributed by atoms with Crippen LogP contribution in [0.4, 0.5) is 0 Å². The molecule has 2 heteroatoms. The van der Waals surface area contributed by atoms with Gasteiger partial charge >= 0.3 is 5.97 Å². The van der Waals surface area contributed by atoms with Crippen molar-refractivity contribution in [2.75, 3.05) is 6.61 Å². The number of carbonyl (C=O) groups is 1. The summed E-state index contributed by atoms with van der Waals surface area (Å²) in [6.45, 7) is 3.77. The molecule has 0 spiro atoms. The molecule has 0 heterocycles. The monoisotopic (exact) mass is 180 g/mol. The van der Waals surface area contributed by atoms with Gasteiger partial charge in [0.2, 0.25) is 0 Å². The fraction of sp³-hybridized carbons (Fsp3) is 0.545. The van der Waals surface area contributed by atoms with E-state index in [1.165, 1.54) is 25.7 Å². The summed E-state index contributed by atoms with van der Waals surface area (Å²) in [5, 5.41) is 0. The normalized spacial score (nSPS) is 17.8. The first kappa shape index (κ1) is 10.0. The average molecular weight is 180 g/mol. The van der Waals surface area contributed by atoms with E-state index in [-0.39, 0.29) is 5.97 Å². The van der Waals surface area contributed by atoms with Crippen LogP contribution in [0, 0.1) is 5.92 Å². The van der Waals surface area contributed by atoms with E-state index in [9.17, 15) is 4.79 Å². The summed E-state index contributed by atoms with van der Waals surface area (Å²) in [5.74, 6) is 0.336. The Morgan fingerprint density at radius 2 is 2.15 bits per heavy atom. The van der Waals surface area contributed by atoms with Gasteiger partial charge in [-0.3, -0.25) is 0 Å². The number of hydrogen-bond donors (Lipinski definition) is 0. The predicted octanol–water partition coefficient (Wildman–Crippen LogP) is 2.46. The van der Waals surface area contributed by atoms with Gasteiger partial charge in [0.15, 0.2) is 0 Å². The standard InChI is InChI=1S/C11H16O2/c1-2-9-13-11(12)8-7-10-5-3-4-6-10/h2,7-8,10H,1,3-6,9H2/b8-7+. The zero-order valence-electron chi connectivity index (χ0n) is 7.87. The molecule has 0 aromatic carbocycles. The van der Waals surface area contributed by atoms with Crippen LogP contribution >= 0.6 is 0 Å². The molecule has 0 unspecified atom stereocenters. The molecule has 1 aliphatic rings. The Balaban J connectivity index is 2.21. The van der Waals surface area contributed by atoms with Crippen LogP contribution in [0.1, 0.15) is 25.7 Å². The highest BCUT2D eigenvalue weighted by atomic mass is 16.5. The molecule has 13 heavy (non-hydrogen) atoms. The van der Waals surface area contributed by atoms with E-state index in [0.29, 0.717) is 12.5 Å². The van der Waals surface area contributed by atoms with E-state index in [4.69, 9.17) is 4.74 Å². The van der Waals surface area contributed by atoms with Gasteiger partial charge in [0.25, 0.3) is 0 Å². The van der Waals surface area contributed by atoms with Crippen LogP contribution in [0.3, 0.4) is 0 Å². The van der Waals surface area contributed by atoms with Crippen molar-refractivity contribution >= 4 is 5.97 Å². The van der Waals surface area contributed by atoms with E-state index in [1.54, 1.807) is 12.2 Å². The third-order valence-electron chi connectivity index (χ3n) is 2.25. The van der Waals surface area contributed by atoms with Gasteiger partial charge in [-0.15, -0.1) is 0 Å². The number of hydrogen-bond acceptors (Lipinski definition) is 2. The highest BCUT2D eigenvalue weighted by molar-refractivity contribution is 5.81. The minimum absolute atomic E-state index is 0.258. The van der Waals surface area contributed by atoms with Crippen molar-refractivity contribution in [2.45, 2.75) is 25.7 Å². The van der Waals surface area contributed by atoms with Crippen molar-refractivity contribution in [3.05, 3.63) is 24.8 Å². The molecule has 0 amide bonds. The summed E-state index contributed by atoms with van der Waals surface area (Å²) >= 11 is 0. The van der Waals surface area contributed by atoms with Crippen LogP contribution in [0.2, 0.25) is 0 Å². The molecule has 0 bridgehead atoms. The fourth-order valence-corrected chi connectivity index (χ4v) is 1.55. The number of rotatable bonds is 4. The smallest absolute Gasteiger partial charge is 0.330 e. The second-order valence-corrected chi connectivity index (χ2v) is 3.32. The Labute approximate surface area is 79.3 Å². The zero-order chi connectivity index (χ0) is 9.52. The first-order valence-corrected chi connectivity index (χ1v) is 4.79. The van der Waals surface area contributed by atoms with Crippen molar-refractivity contribution in [3.8, 4) is 0 Å². The highest BCUT2D eigenvalue weighted by Crippen LogP contribution is 2.25. The fourth-order valence-electron chi connectivity index (χ4n) is 1.55. The number of allylic oxidation sites excluding steroid dienone is 1. The first-order chi connectivity index (χ1) is 6.33. The molecule has 0 N–H and O–H groups in total. The SMILES string of the molecule is C=CCOC(=O)/C=C/C1CCCC1. The lowest BCUT2D eigenvalue weighted by Gasteiger charge is -2.00. The summed E-state index contributed by atoms with van der Waals surface area (Å²) < 4.78 is 4.81. The maximum Gasteiger partial charge on any atom is 0.330 e. The molecule has 0 atom stereocenters. The lowest BCUT2D eigenvalue weighted by molar-refractivity contribution is -0.136. The number of esters is 1. The Bertz CT molecular complexity index is 200. The summed E-state index contributed by atoms with van der Waals surface area (Å²) in [6, 6.07) is 0. The molecule has 0 radical (unpaired) electrons. The minimum Gasteiger partial charge on any atom is -0.458 e. The molecule has 1 saturated carbocycles. The quantitative estimate of drug-likeness (QED) is 0.377. The van der Waals surface area contributed by atoms with Gasteiger partial charge in [-0.25, -0.2) is 4.79 Å². The number of ether oxygens (including phenoxy) is 1. The third-order valence-corrected chi connectivity index (χ3v) is 2.25. The van der Waals surface area contributed by atoms with Gasteiger partial charge in [-0.05, 0) is 18.8 Å². The summed E-state index contributed by atoms with van der Waals surface area (Å²) in [7, 11) is 0. The molecule has 1 rings (SSSR count). The predicted molar refractivity (Wildman–Crippen MR) is 52.3 cm³/mol. The van der Waals surface area contributed by atoms with Crippen LogP contribution in [0.25, 0.3) is 0 Å². The molecular formula is C11H16O2. The summed E-state index contributed by atoms with van der Waals surface area (Å²) in [6.07, 6.45) is 10.1. The van der Waals surface area contributed by atoms with E-state index in [1.807, 2.05) is 6.08 Å². The highest BCUT2D eigenvalue weighted by Gasteiger charge is 2.11. The molecule has 0 aromatic heterocycles. The second kappa shape index (κ2) is 5.57. The molecule has 72 valence electrons. The molecule has 2 nitrogen and oxygen atoms in total. The Kier molecular flexibility index (Phi) is 4.30. The lowest BCUT2D eigenvalue weighted by Crippen LogP contribution is -2.00. The molecule has 0 aliphatic heterocycles. The summed E-state index contributed by atoms with van der Waals surface area (Å²) in [4.78, 5) is 11.0. The molecule has 0 aromatic rings. The van der Waals surface area contributed by atoms with Crippen molar-refractivity contribution in [3.63, 3.8) is 0 Å². The second-order valence-electron chi connectivity index (χ2n) is 3.32. The Morgan fingerprint density at radius 3 is 2.77 bits per heavy atom. The zero-order valence-corrected chi connectivity index (χ0v) is 7.87. The molecule has 0 saturated heterocycles. The van der Waals surface area contributed by atoms with Crippen molar-refractivity contribution < 1.29 is 9.53 Å². The first-order valence-electron chi connectivity index (χ1n) is 4.79. The molecule has 1 aliphatic carbocycles. The van der Waals surface area contributed by atoms with Crippen molar-refractivity contribution in [1.82, 2.24) is 0 Å². The van der Waals surface area contributed by atoms with Gasteiger partial charge in [0, 0.05) is 6.08 Å². The van der Waals surface area contributed by atoms with E-state index in [2.05, 4.69) is 6.58 Å². The molecular weight excluding hydrogens is 164 g/mol. The van der Waals surface area contributed by atoms with E-state index >= 15 is 0 Å². The van der Waals surface area contributed by atoms with Crippen LogP contribution in [0.15, 0.2) is 24.8 Å². The van der Waals surface area contributed by atoms with Crippen molar-refractivity contribution in [2.24, 2.45) is 5.92 Å².